The first kappa shape index (κ1) is 20.0. The van der Waals surface area contributed by atoms with Crippen LogP contribution in [0.25, 0.3) is 5.69 Å². The summed E-state index contributed by atoms with van der Waals surface area (Å²) in [6.07, 6.45) is -0.799. The van der Waals surface area contributed by atoms with E-state index in [0.717, 1.165) is 29.1 Å². The first-order valence-corrected chi connectivity index (χ1v) is 8.28. The summed E-state index contributed by atoms with van der Waals surface area (Å²) in [6.45, 7) is 0. The van der Waals surface area contributed by atoms with E-state index in [-0.39, 0.29) is 17.1 Å². The molecule has 29 heavy (non-hydrogen) atoms. The summed E-state index contributed by atoms with van der Waals surface area (Å²) in [4.78, 5) is 16.6. The van der Waals surface area contributed by atoms with Crippen LogP contribution in [-0.4, -0.2) is 15.5 Å². The molecule has 0 aliphatic heterocycles. The number of alkyl halides is 3. The zero-order chi connectivity index (χ0) is 21.0. The van der Waals surface area contributed by atoms with Gasteiger partial charge in [0.1, 0.15) is 5.82 Å². The van der Waals surface area contributed by atoms with Crippen molar-refractivity contribution in [3.05, 3.63) is 100 Å². The average Bonchev–Trinajstić information content (AvgIpc) is 2.69. The third kappa shape index (κ3) is 4.75. The maximum absolute atomic E-state index is 13.1. The maximum Gasteiger partial charge on any atom is 0.416 e. The molecule has 2 aromatic carbocycles. The Bertz CT molecular complexity index is 1130. The number of nitrogens with zero attached hydrogens (tertiary/aromatic N) is 3. The summed E-state index contributed by atoms with van der Waals surface area (Å²) in [5, 5.41) is 4.12. The minimum atomic E-state index is -4.52. The second kappa shape index (κ2) is 8.09. The molecule has 1 aromatic heterocycles. The van der Waals surface area contributed by atoms with Crippen LogP contribution in [0.2, 0.25) is 0 Å². The number of hydrogen-bond acceptors (Lipinski definition) is 4. The third-order valence-corrected chi connectivity index (χ3v) is 3.82. The number of nitrogens with two attached hydrogens (primary N) is 1. The van der Waals surface area contributed by atoms with Crippen molar-refractivity contribution in [2.45, 2.75) is 6.18 Å². The normalized spacial score (nSPS) is 12.5. The van der Waals surface area contributed by atoms with Crippen LogP contribution in [0, 0.1) is 5.82 Å². The van der Waals surface area contributed by atoms with Gasteiger partial charge in [0.05, 0.1) is 22.6 Å². The monoisotopic (exact) mass is 402 g/mol. The van der Waals surface area contributed by atoms with Gasteiger partial charge in [-0.25, -0.2) is 14.1 Å². The van der Waals surface area contributed by atoms with Crippen molar-refractivity contribution >= 4 is 11.4 Å². The predicted molar refractivity (Wildman–Crippen MR) is 101 cm³/mol. The van der Waals surface area contributed by atoms with Crippen molar-refractivity contribution in [1.82, 2.24) is 9.78 Å². The molecule has 0 bridgehead atoms. The van der Waals surface area contributed by atoms with Crippen molar-refractivity contribution in [1.29, 1.82) is 0 Å². The fourth-order valence-corrected chi connectivity index (χ4v) is 2.47. The Labute approximate surface area is 162 Å². The average molecular weight is 402 g/mol. The van der Waals surface area contributed by atoms with Gasteiger partial charge in [0, 0.05) is 12.3 Å². The molecular formula is C20H14F4N4O. The van der Waals surface area contributed by atoms with E-state index >= 15 is 0 Å². The molecule has 148 valence electrons. The van der Waals surface area contributed by atoms with Gasteiger partial charge < -0.3 is 5.73 Å². The van der Waals surface area contributed by atoms with E-state index in [4.69, 9.17) is 5.73 Å². The molecule has 0 unspecified atom stereocenters. The Balaban J connectivity index is 2.10. The van der Waals surface area contributed by atoms with Crippen molar-refractivity contribution in [3.63, 3.8) is 0 Å². The number of aromatic nitrogens is 2. The summed E-state index contributed by atoms with van der Waals surface area (Å²) in [5.41, 5.74) is 4.47. The highest BCUT2D eigenvalue weighted by molar-refractivity contribution is 6.08. The Morgan fingerprint density at radius 3 is 2.48 bits per heavy atom. The van der Waals surface area contributed by atoms with Crippen LogP contribution in [0.1, 0.15) is 11.3 Å². The van der Waals surface area contributed by atoms with E-state index in [9.17, 15) is 22.4 Å². The van der Waals surface area contributed by atoms with Crippen LogP contribution in [0.5, 0.6) is 0 Å². The summed E-state index contributed by atoms with van der Waals surface area (Å²) in [7, 11) is 0. The molecule has 0 spiro atoms. The van der Waals surface area contributed by atoms with Crippen LogP contribution in [-0.2, 0) is 6.18 Å². The van der Waals surface area contributed by atoms with Crippen LogP contribution >= 0.6 is 0 Å². The number of benzene rings is 2. The van der Waals surface area contributed by atoms with Gasteiger partial charge in [-0.1, -0.05) is 6.07 Å². The molecular weight excluding hydrogens is 388 g/mol. The molecule has 1 heterocycles. The van der Waals surface area contributed by atoms with Gasteiger partial charge in [0.25, 0.3) is 0 Å². The lowest BCUT2D eigenvalue weighted by molar-refractivity contribution is -0.137. The molecule has 0 aliphatic rings. The maximum atomic E-state index is 13.1. The fraction of sp³-hybridized carbons (Fsp3) is 0.0500. The largest absolute Gasteiger partial charge is 0.416 e. The topological polar surface area (TPSA) is 73.3 Å². The Morgan fingerprint density at radius 1 is 1.10 bits per heavy atom. The molecule has 0 atom stereocenters. The van der Waals surface area contributed by atoms with Crippen molar-refractivity contribution < 1.29 is 17.6 Å². The van der Waals surface area contributed by atoms with Gasteiger partial charge in [-0.3, -0.25) is 4.79 Å². The standard InChI is InChI=1S/C20H14F4N4O/c21-14-4-6-15(7-5-14)26-17(8-10-25)19-18(29)9-11-28(27-19)16-3-1-2-13(12-16)20(22,23)24/h1-12H,25H2. The van der Waals surface area contributed by atoms with Gasteiger partial charge >= 0.3 is 6.18 Å². The van der Waals surface area contributed by atoms with Gasteiger partial charge in [-0.05, 0) is 54.7 Å². The number of rotatable bonds is 4. The van der Waals surface area contributed by atoms with Crippen molar-refractivity contribution in [2.75, 3.05) is 0 Å². The highest BCUT2D eigenvalue weighted by Crippen LogP contribution is 2.30. The smallest absolute Gasteiger partial charge is 0.405 e. The third-order valence-electron chi connectivity index (χ3n) is 3.82. The summed E-state index contributed by atoms with van der Waals surface area (Å²) in [6, 6.07) is 10.9. The van der Waals surface area contributed by atoms with Gasteiger partial charge in [0.2, 0.25) is 5.43 Å². The summed E-state index contributed by atoms with van der Waals surface area (Å²) < 4.78 is 53.2. The van der Waals surface area contributed by atoms with Crippen LogP contribution in [0.4, 0.5) is 23.2 Å². The first-order valence-electron chi connectivity index (χ1n) is 8.28. The van der Waals surface area contributed by atoms with Crippen molar-refractivity contribution in [2.24, 2.45) is 10.7 Å². The molecule has 0 saturated carbocycles. The van der Waals surface area contributed by atoms with E-state index in [1.54, 1.807) is 0 Å². The molecule has 9 heteroatoms. The lowest BCUT2D eigenvalue weighted by Crippen LogP contribution is -2.20. The second-order valence-electron chi connectivity index (χ2n) is 5.85. The molecule has 0 aliphatic carbocycles. The first-order chi connectivity index (χ1) is 13.8. The minimum Gasteiger partial charge on any atom is -0.405 e. The summed E-state index contributed by atoms with van der Waals surface area (Å²) >= 11 is 0. The Hall–Kier alpha value is -3.75. The van der Waals surface area contributed by atoms with E-state index in [0.29, 0.717) is 5.69 Å². The van der Waals surface area contributed by atoms with E-state index in [1.807, 2.05) is 0 Å². The molecule has 0 saturated heterocycles. The SMILES string of the molecule is NC=CC(=Nc1ccc(F)cc1)c1nn(-c2cccc(C(F)(F)F)c2)ccc1=O. The zero-order valence-corrected chi connectivity index (χ0v) is 14.8. The number of allylic oxidation sites excluding steroid dienone is 1. The van der Waals surface area contributed by atoms with Crippen LogP contribution in [0.15, 0.2) is 82.9 Å². The van der Waals surface area contributed by atoms with Crippen molar-refractivity contribution in [3.8, 4) is 5.69 Å². The molecule has 3 rings (SSSR count). The fourth-order valence-electron chi connectivity index (χ4n) is 2.47. The van der Waals surface area contributed by atoms with Gasteiger partial charge in [0.15, 0.2) is 5.69 Å². The molecule has 0 fully saturated rings. The van der Waals surface area contributed by atoms with Gasteiger partial charge in [-0.2, -0.15) is 18.3 Å². The Kier molecular flexibility index (Phi) is 5.58. The molecule has 5 nitrogen and oxygen atoms in total. The molecule has 0 radical (unpaired) electrons. The Morgan fingerprint density at radius 2 is 1.83 bits per heavy atom. The quantitative estimate of drug-likeness (QED) is 0.530. The molecule has 3 aromatic rings. The highest BCUT2D eigenvalue weighted by Gasteiger charge is 2.30. The number of hydrogen-bond donors (Lipinski definition) is 1. The highest BCUT2D eigenvalue weighted by atomic mass is 19.4. The lowest BCUT2D eigenvalue weighted by atomic mass is 10.2. The predicted octanol–water partition coefficient (Wildman–Crippen LogP) is 3.98. The minimum absolute atomic E-state index is 0.0745. The molecule has 2 N–H and O–H groups in total. The van der Waals surface area contributed by atoms with Crippen LogP contribution in [0.3, 0.4) is 0 Å². The second-order valence-corrected chi connectivity index (χ2v) is 5.85. The van der Waals surface area contributed by atoms with E-state index < -0.39 is 23.0 Å². The lowest BCUT2D eigenvalue weighted by Gasteiger charge is -2.11. The zero-order valence-electron chi connectivity index (χ0n) is 14.8. The van der Waals surface area contributed by atoms with E-state index in [1.165, 1.54) is 48.7 Å². The van der Waals surface area contributed by atoms with Crippen LogP contribution < -0.4 is 11.2 Å². The molecule has 0 amide bonds. The summed E-state index contributed by atoms with van der Waals surface area (Å²) in [5.74, 6) is -0.454. The van der Waals surface area contributed by atoms with E-state index in [2.05, 4.69) is 10.1 Å². The number of aliphatic imine (C=N–C) groups is 1. The number of halogens is 4. The van der Waals surface area contributed by atoms with Gasteiger partial charge in [-0.15, -0.1) is 0 Å².